The Morgan fingerprint density at radius 3 is 2.66 bits per heavy atom. The molecule has 2 aromatic carbocycles. The fourth-order valence-electron chi connectivity index (χ4n) is 2.95. The maximum absolute atomic E-state index is 13.3. The molecule has 0 spiro atoms. The summed E-state index contributed by atoms with van der Waals surface area (Å²) in [5.74, 6) is -3.50. The molecule has 0 fully saturated rings. The quantitative estimate of drug-likeness (QED) is 0.567. The number of fused-ring (bicyclic) bond motifs is 1. The second-order valence-corrected chi connectivity index (χ2v) is 7.13. The molecule has 1 aliphatic heterocycles. The monoisotopic (exact) mass is 403 g/mol. The molecule has 0 aromatic heterocycles. The lowest BCUT2D eigenvalue weighted by Crippen LogP contribution is -2.45. The largest absolute Gasteiger partial charge is 0.491 e. The fourth-order valence-corrected chi connectivity index (χ4v) is 2.95. The topological polar surface area (TPSA) is 84.9 Å². The van der Waals surface area contributed by atoms with Gasteiger partial charge in [-0.15, -0.1) is 0 Å². The van der Waals surface area contributed by atoms with Gasteiger partial charge in [0, 0.05) is 5.56 Å². The molecule has 0 saturated heterocycles. The van der Waals surface area contributed by atoms with E-state index < -0.39 is 36.7 Å². The molecular formula is C20H20BF2NO5. The van der Waals surface area contributed by atoms with Crippen LogP contribution < -0.4 is 10.8 Å². The molecule has 0 radical (unpaired) electrons. The summed E-state index contributed by atoms with van der Waals surface area (Å²) >= 11 is 0. The number of amides is 1. The van der Waals surface area contributed by atoms with Crippen LogP contribution in [0.2, 0.25) is 0 Å². The minimum absolute atomic E-state index is 0.252. The average molecular weight is 403 g/mol. The molecule has 2 N–H and O–H groups in total. The van der Waals surface area contributed by atoms with E-state index in [1.165, 1.54) is 12.1 Å². The number of hydrogen-bond acceptors (Lipinski definition) is 5. The van der Waals surface area contributed by atoms with Gasteiger partial charge in [0.2, 0.25) is 0 Å². The van der Waals surface area contributed by atoms with E-state index in [-0.39, 0.29) is 24.7 Å². The van der Waals surface area contributed by atoms with Crippen LogP contribution in [-0.2, 0) is 27.4 Å². The first-order valence-corrected chi connectivity index (χ1v) is 9.10. The number of halogens is 2. The number of esters is 1. The molecule has 2 aromatic rings. The molecule has 0 aliphatic carbocycles. The van der Waals surface area contributed by atoms with Crippen molar-refractivity contribution in [2.45, 2.75) is 33.1 Å². The van der Waals surface area contributed by atoms with Crippen LogP contribution in [-0.4, -0.2) is 30.1 Å². The number of benzene rings is 2. The number of hydrogen-bond donors (Lipinski definition) is 2. The van der Waals surface area contributed by atoms with Gasteiger partial charge in [-0.25, -0.2) is 13.6 Å². The number of rotatable bonds is 6. The second-order valence-electron chi connectivity index (χ2n) is 7.13. The molecule has 152 valence electrons. The highest BCUT2D eigenvalue weighted by molar-refractivity contribution is 6.61. The molecule has 0 unspecified atom stereocenters. The molecule has 29 heavy (non-hydrogen) atoms. The Hall–Kier alpha value is -2.78. The first-order valence-electron chi connectivity index (χ1n) is 9.10. The number of carbonyl (C=O) groups excluding carboxylic acids is 2. The Bertz CT molecular complexity index is 937. The second kappa shape index (κ2) is 8.71. The van der Waals surface area contributed by atoms with E-state index >= 15 is 0 Å². The third-order valence-electron chi connectivity index (χ3n) is 4.64. The van der Waals surface area contributed by atoms with Crippen LogP contribution in [0.5, 0.6) is 0 Å². The van der Waals surface area contributed by atoms with Gasteiger partial charge in [0.1, 0.15) is 12.6 Å². The van der Waals surface area contributed by atoms with Gasteiger partial charge in [-0.2, -0.15) is 0 Å². The van der Waals surface area contributed by atoms with E-state index in [4.69, 9.17) is 9.39 Å². The SMILES string of the molecule is CC(C)[C@H](NC(=O)c1ccc2c(c1)B(O)OC2)C(=O)OCc1ccc(F)c(F)c1. The normalized spacial score (nSPS) is 13.9. The zero-order valence-corrected chi connectivity index (χ0v) is 15.9. The highest BCUT2D eigenvalue weighted by Gasteiger charge is 2.30. The summed E-state index contributed by atoms with van der Waals surface area (Å²) in [7, 11) is -1.08. The van der Waals surface area contributed by atoms with Crippen LogP contribution >= 0.6 is 0 Å². The van der Waals surface area contributed by atoms with Crippen LogP contribution in [0.1, 0.15) is 35.3 Å². The van der Waals surface area contributed by atoms with Crippen molar-refractivity contribution in [3.63, 3.8) is 0 Å². The lowest BCUT2D eigenvalue weighted by molar-refractivity contribution is -0.148. The van der Waals surface area contributed by atoms with Crippen molar-refractivity contribution in [3.05, 3.63) is 64.7 Å². The summed E-state index contributed by atoms with van der Waals surface area (Å²) in [5.41, 5.74) is 1.87. The van der Waals surface area contributed by atoms with E-state index in [2.05, 4.69) is 5.32 Å². The van der Waals surface area contributed by atoms with Crippen molar-refractivity contribution in [2.24, 2.45) is 5.92 Å². The van der Waals surface area contributed by atoms with Gasteiger partial charge in [0.15, 0.2) is 11.6 Å². The third kappa shape index (κ3) is 4.80. The van der Waals surface area contributed by atoms with Crippen molar-refractivity contribution in [1.29, 1.82) is 0 Å². The first-order chi connectivity index (χ1) is 13.8. The summed E-state index contributed by atoms with van der Waals surface area (Å²) < 4.78 is 36.5. The van der Waals surface area contributed by atoms with Crippen molar-refractivity contribution in [2.75, 3.05) is 0 Å². The van der Waals surface area contributed by atoms with Gasteiger partial charge in [-0.05, 0) is 46.8 Å². The highest BCUT2D eigenvalue weighted by atomic mass is 19.2. The zero-order valence-electron chi connectivity index (χ0n) is 15.9. The Morgan fingerprint density at radius 2 is 1.97 bits per heavy atom. The predicted octanol–water partition coefficient (Wildman–Crippen LogP) is 1.68. The molecule has 1 atom stereocenters. The minimum Gasteiger partial charge on any atom is -0.459 e. The molecular weight excluding hydrogens is 383 g/mol. The van der Waals surface area contributed by atoms with E-state index in [0.29, 0.717) is 11.0 Å². The number of ether oxygens (including phenoxy) is 1. The van der Waals surface area contributed by atoms with Crippen molar-refractivity contribution >= 4 is 24.5 Å². The number of nitrogens with one attached hydrogen (secondary N) is 1. The maximum Gasteiger partial charge on any atom is 0.491 e. The first kappa shape index (κ1) is 20.9. The van der Waals surface area contributed by atoms with Crippen molar-refractivity contribution in [3.8, 4) is 0 Å². The smallest absolute Gasteiger partial charge is 0.459 e. The van der Waals surface area contributed by atoms with Gasteiger partial charge < -0.3 is 19.7 Å². The Kier molecular flexibility index (Phi) is 6.29. The molecule has 6 nitrogen and oxygen atoms in total. The van der Waals surface area contributed by atoms with Crippen LogP contribution in [0.4, 0.5) is 8.78 Å². The molecule has 0 saturated carbocycles. The van der Waals surface area contributed by atoms with Crippen LogP contribution in [0.3, 0.4) is 0 Å². The standard InChI is InChI=1S/C20H20BF2NO5/c1-11(2)18(20(26)28-9-12-3-6-16(22)17(23)7-12)24-19(25)13-4-5-14-10-29-21(27)15(14)8-13/h3-8,11,18,27H,9-10H2,1-2H3,(H,24,25)/t18-/m0/s1. The zero-order chi connectivity index (χ0) is 21.1. The van der Waals surface area contributed by atoms with Crippen molar-refractivity contribution < 1.29 is 32.8 Å². The summed E-state index contributed by atoms with van der Waals surface area (Å²) in [6.07, 6.45) is 0. The lowest BCUT2D eigenvalue weighted by atomic mass is 9.78. The van der Waals surface area contributed by atoms with Gasteiger partial charge in [0.05, 0.1) is 6.61 Å². The molecule has 1 aliphatic rings. The fraction of sp³-hybridized carbons (Fsp3) is 0.300. The Labute approximate surface area is 167 Å². The van der Waals surface area contributed by atoms with Crippen LogP contribution in [0.25, 0.3) is 0 Å². The van der Waals surface area contributed by atoms with Gasteiger partial charge in [-0.1, -0.05) is 26.0 Å². The summed E-state index contributed by atoms with van der Waals surface area (Å²) in [6, 6.07) is 7.06. The third-order valence-corrected chi connectivity index (χ3v) is 4.64. The van der Waals surface area contributed by atoms with E-state index in [1.807, 2.05) is 0 Å². The lowest BCUT2D eigenvalue weighted by Gasteiger charge is -2.21. The van der Waals surface area contributed by atoms with Gasteiger partial charge in [-0.3, -0.25) is 4.79 Å². The molecule has 0 bridgehead atoms. The molecule has 1 amide bonds. The van der Waals surface area contributed by atoms with Crippen molar-refractivity contribution in [1.82, 2.24) is 5.32 Å². The number of carbonyl (C=O) groups is 2. The highest BCUT2D eigenvalue weighted by Crippen LogP contribution is 2.14. The van der Waals surface area contributed by atoms with Crippen LogP contribution in [0.15, 0.2) is 36.4 Å². The molecule has 9 heteroatoms. The van der Waals surface area contributed by atoms with E-state index in [9.17, 15) is 23.4 Å². The van der Waals surface area contributed by atoms with Gasteiger partial charge in [0.25, 0.3) is 5.91 Å². The van der Waals surface area contributed by atoms with E-state index in [1.54, 1.807) is 26.0 Å². The Balaban J connectivity index is 1.66. The summed E-state index contributed by atoms with van der Waals surface area (Å²) in [4.78, 5) is 25.0. The molecule has 1 heterocycles. The predicted molar refractivity (Wildman–Crippen MR) is 101 cm³/mol. The van der Waals surface area contributed by atoms with Crippen LogP contribution in [0, 0.1) is 17.6 Å². The van der Waals surface area contributed by atoms with E-state index in [0.717, 1.165) is 17.7 Å². The minimum atomic E-state index is -1.08. The summed E-state index contributed by atoms with van der Waals surface area (Å²) in [5, 5.41) is 12.4. The summed E-state index contributed by atoms with van der Waals surface area (Å²) in [6.45, 7) is 3.49. The van der Waals surface area contributed by atoms with Gasteiger partial charge >= 0.3 is 13.1 Å². The maximum atomic E-state index is 13.3. The molecule has 3 rings (SSSR count). The Morgan fingerprint density at radius 1 is 1.21 bits per heavy atom. The average Bonchev–Trinajstić information content (AvgIpc) is 3.06.